The van der Waals surface area contributed by atoms with Crippen LogP contribution < -0.4 is 5.32 Å². The SMILES string of the molecule is O=C(NC1CCCc2ccccc21)c1ccccc1-n1cnnn1. The van der Waals surface area contributed by atoms with E-state index in [1.807, 2.05) is 24.3 Å². The van der Waals surface area contributed by atoms with Crippen LogP contribution in [0.4, 0.5) is 0 Å². The van der Waals surface area contributed by atoms with Crippen LogP contribution in [-0.4, -0.2) is 26.1 Å². The van der Waals surface area contributed by atoms with Gasteiger partial charge in [0.15, 0.2) is 0 Å². The molecule has 120 valence electrons. The van der Waals surface area contributed by atoms with Gasteiger partial charge in [0.2, 0.25) is 0 Å². The Morgan fingerprint density at radius 2 is 1.96 bits per heavy atom. The number of aryl methyl sites for hydroxylation is 1. The number of tetrazole rings is 1. The number of rotatable bonds is 3. The Hall–Kier alpha value is -3.02. The molecular weight excluding hydrogens is 302 g/mol. The van der Waals surface area contributed by atoms with Crippen molar-refractivity contribution in [1.82, 2.24) is 25.5 Å². The molecule has 0 spiro atoms. The lowest BCUT2D eigenvalue weighted by molar-refractivity contribution is 0.0932. The fourth-order valence-electron chi connectivity index (χ4n) is 3.28. The molecule has 0 fully saturated rings. The predicted octanol–water partition coefficient (Wildman–Crippen LogP) is 2.47. The summed E-state index contributed by atoms with van der Waals surface area (Å²) in [6, 6.07) is 15.7. The molecule has 0 saturated heterocycles. The van der Waals surface area contributed by atoms with Crippen molar-refractivity contribution in [3.63, 3.8) is 0 Å². The second kappa shape index (κ2) is 6.23. The Morgan fingerprint density at radius 1 is 1.12 bits per heavy atom. The highest BCUT2D eigenvalue weighted by molar-refractivity contribution is 5.98. The fourth-order valence-corrected chi connectivity index (χ4v) is 3.28. The maximum Gasteiger partial charge on any atom is 0.253 e. The van der Waals surface area contributed by atoms with Gasteiger partial charge in [-0.1, -0.05) is 36.4 Å². The number of carbonyl (C=O) groups excluding carboxylic acids is 1. The molecule has 3 aromatic rings. The van der Waals surface area contributed by atoms with Crippen LogP contribution in [0, 0.1) is 0 Å². The molecule has 6 nitrogen and oxygen atoms in total. The third-order valence-electron chi connectivity index (χ3n) is 4.42. The molecule has 1 aliphatic carbocycles. The van der Waals surface area contributed by atoms with E-state index in [1.54, 1.807) is 6.07 Å². The summed E-state index contributed by atoms with van der Waals surface area (Å²) < 4.78 is 1.50. The van der Waals surface area contributed by atoms with Crippen molar-refractivity contribution in [2.45, 2.75) is 25.3 Å². The Balaban J connectivity index is 1.63. The second-order valence-corrected chi connectivity index (χ2v) is 5.89. The van der Waals surface area contributed by atoms with Crippen molar-refractivity contribution >= 4 is 5.91 Å². The van der Waals surface area contributed by atoms with E-state index in [4.69, 9.17) is 0 Å². The maximum atomic E-state index is 12.8. The lowest BCUT2D eigenvalue weighted by atomic mass is 9.87. The molecule has 1 atom stereocenters. The highest BCUT2D eigenvalue weighted by atomic mass is 16.1. The number of hydrogen-bond acceptors (Lipinski definition) is 4. The molecule has 1 unspecified atom stereocenters. The lowest BCUT2D eigenvalue weighted by Crippen LogP contribution is -2.31. The molecule has 24 heavy (non-hydrogen) atoms. The minimum absolute atomic E-state index is 0.0457. The zero-order valence-electron chi connectivity index (χ0n) is 13.1. The molecule has 1 aliphatic rings. The topological polar surface area (TPSA) is 72.7 Å². The first-order valence-electron chi connectivity index (χ1n) is 8.04. The summed E-state index contributed by atoms with van der Waals surface area (Å²) in [5, 5.41) is 14.4. The van der Waals surface area contributed by atoms with Crippen molar-refractivity contribution in [3.8, 4) is 5.69 Å². The van der Waals surface area contributed by atoms with Crippen molar-refractivity contribution in [2.75, 3.05) is 0 Å². The molecule has 0 aliphatic heterocycles. The Kier molecular flexibility index (Phi) is 3.78. The first-order chi connectivity index (χ1) is 11.8. The zero-order chi connectivity index (χ0) is 16.4. The molecule has 0 bridgehead atoms. The first-order valence-corrected chi connectivity index (χ1v) is 8.04. The average molecular weight is 319 g/mol. The van der Waals surface area contributed by atoms with Gasteiger partial charge in [-0.3, -0.25) is 4.79 Å². The molecular formula is C18H17N5O. The monoisotopic (exact) mass is 319 g/mol. The standard InChI is InChI=1S/C18H17N5O/c24-18(15-9-3-4-11-17(15)23-12-19-21-22-23)20-16-10-5-7-13-6-1-2-8-14(13)16/h1-4,6,8-9,11-12,16H,5,7,10H2,(H,20,24). The summed E-state index contributed by atoms with van der Waals surface area (Å²) in [6.45, 7) is 0. The number of hydrogen-bond donors (Lipinski definition) is 1. The molecule has 1 heterocycles. The smallest absolute Gasteiger partial charge is 0.253 e. The number of carbonyl (C=O) groups is 1. The summed E-state index contributed by atoms with van der Waals surface area (Å²) >= 11 is 0. The van der Waals surface area contributed by atoms with Gasteiger partial charge in [0, 0.05) is 0 Å². The van der Waals surface area contributed by atoms with Crippen LogP contribution >= 0.6 is 0 Å². The van der Waals surface area contributed by atoms with Crippen LogP contribution in [-0.2, 0) is 6.42 Å². The van der Waals surface area contributed by atoms with Gasteiger partial charge in [-0.15, -0.1) is 5.10 Å². The quantitative estimate of drug-likeness (QED) is 0.805. The van der Waals surface area contributed by atoms with Crippen LogP contribution in [0.2, 0.25) is 0 Å². The van der Waals surface area contributed by atoms with E-state index in [-0.39, 0.29) is 11.9 Å². The van der Waals surface area contributed by atoms with Gasteiger partial charge >= 0.3 is 0 Å². The summed E-state index contributed by atoms with van der Waals surface area (Å²) in [7, 11) is 0. The number of amides is 1. The lowest BCUT2D eigenvalue weighted by Gasteiger charge is -2.26. The number of fused-ring (bicyclic) bond motifs is 1. The molecule has 2 aromatic carbocycles. The predicted molar refractivity (Wildman–Crippen MR) is 88.7 cm³/mol. The number of nitrogens with one attached hydrogen (secondary N) is 1. The minimum atomic E-state index is -0.109. The molecule has 1 aromatic heterocycles. The summed E-state index contributed by atoms with van der Waals surface area (Å²) in [6.07, 6.45) is 4.60. The van der Waals surface area contributed by atoms with E-state index in [0.717, 1.165) is 19.3 Å². The molecule has 1 amide bonds. The van der Waals surface area contributed by atoms with Gasteiger partial charge in [-0.2, -0.15) is 4.68 Å². The van der Waals surface area contributed by atoms with Crippen LogP contribution in [0.1, 0.15) is 40.4 Å². The largest absolute Gasteiger partial charge is 0.345 e. The van der Waals surface area contributed by atoms with Gasteiger partial charge < -0.3 is 5.32 Å². The van der Waals surface area contributed by atoms with E-state index in [9.17, 15) is 4.79 Å². The van der Waals surface area contributed by atoms with Crippen molar-refractivity contribution < 1.29 is 4.79 Å². The molecule has 1 N–H and O–H groups in total. The van der Waals surface area contributed by atoms with E-state index >= 15 is 0 Å². The molecule has 0 radical (unpaired) electrons. The van der Waals surface area contributed by atoms with E-state index in [2.05, 4.69) is 39.0 Å². The molecule has 6 heteroatoms. The third kappa shape index (κ3) is 2.67. The van der Waals surface area contributed by atoms with E-state index in [0.29, 0.717) is 11.3 Å². The van der Waals surface area contributed by atoms with Crippen LogP contribution in [0.5, 0.6) is 0 Å². The number of benzene rings is 2. The van der Waals surface area contributed by atoms with Gasteiger partial charge in [-0.05, 0) is 52.9 Å². The Labute approximate surface area is 139 Å². The van der Waals surface area contributed by atoms with Gasteiger partial charge in [0.25, 0.3) is 5.91 Å². The van der Waals surface area contributed by atoms with Crippen LogP contribution in [0.25, 0.3) is 5.69 Å². The highest BCUT2D eigenvalue weighted by Crippen LogP contribution is 2.29. The normalized spacial score (nSPS) is 16.4. The minimum Gasteiger partial charge on any atom is -0.345 e. The summed E-state index contributed by atoms with van der Waals surface area (Å²) in [5.41, 5.74) is 3.77. The van der Waals surface area contributed by atoms with Crippen LogP contribution in [0.3, 0.4) is 0 Å². The molecule has 0 saturated carbocycles. The van der Waals surface area contributed by atoms with Crippen LogP contribution in [0.15, 0.2) is 54.9 Å². The molecule has 4 rings (SSSR count). The highest BCUT2D eigenvalue weighted by Gasteiger charge is 2.23. The third-order valence-corrected chi connectivity index (χ3v) is 4.42. The van der Waals surface area contributed by atoms with Gasteiger partial charge in [0.05, 0.1) is 17.3 Å². The summed E-state index contributed by atoms with van der Waals surface area (Å²) in [4.78, 5) is 12.8. The van der Waals surface area contributed by atoms with Gasteiger partial charge in [0.1, 0.15) is 6.33 Å². The number of aromatic nitrogens is 4. The van der Waals surface area contributed by atoms with Crippen molar-refractivity contribution in [1.29, 1.82) is 0 Å². The van der Waals surface area contributed by atoms with E-state index in [1.165, 1.54) is 22.1 Å². The average Bonchev–Trinajstić information content (AvgIpc) is 3.16. The van der Waals surface area contributed by atoms with Crippen molar-refractivity contribution in [3.05, 3.63) is 71.5 Å². The Morgan fingerprint density at radius 3 is 2.83 bits per heavy atom. The maximum absolute atomic E-state index is 12.8. The van der Waals surface area contributed by atoms with Crippen molar-refractivity contribution in [2.24, 2.45) is 0 Å². The number of para-hydroxylation sites is 1. The van der Waals surface area contributed by atoms with Gasteiger partial charge in [-0.25, -0.2) is 0 Å². The Bertz CT molecular complexity index is 859. The second-order valence-electron chi connectivity index (χ2n) is 5.89. The number of nitrogens with zero attached hydrogens (tertiary/aromatic N) is 4. The summed E-state index contributed by atoms with van der Waals surface area (Å²) in [5.74, 6) is -0.109. The van der Waals surface area contributed by atoms with E-state index < -0.39 is 0 Å². The first kappa shape index (κ1) is 14.6. The zero-order valence-corrected chi connectivity index (χ0v) is 13.1. The fraction of sp³-hybridized carbons (Fsp3) is 0.222.